The summed E-state index contributed by atoms with van der Waals surface area (Å²) < 4.78 is 0. The highest BCUT2D eigenvalue weighted by Gasteiger charge is 2.04. The van der Waals surface area contributed by atoms with Crippen LogP contribution >= 0.6 is 11.6 Å². The minimum Gasteiger partial charge on any atom is -0.506 e. The van der Waals surface area contributed by atoms with Gasteiger partial charge in [0.05, 0.1) is 11.9 Å². The summed E-state index contributed by atoms with van der Waals surface area (Å²) in [7, 11) is 0. The summed E-state index contributed by atoms with van der Waals surface area (Å²) in [4.78, 5) is 4.14. The van der Waals surface area contributed by atoms with Crippen molar-refractivity contribution in [3.8, 4) is 5.75 Å². The molecule has 3 nitrogen and oxygen atoms in total. The third kappa shape index (κ3) is 4.54. The Bertz CT molecular complexity index is 511. The lowest BCUT2D eigenvalue weighted by Crippen LogP contribution is -2.27. The van der Waals surface area contributed by atoms with E-state index in [1.54, 1.807) is 6.07 Å². The second-order valence-corrected chi connectivity index (χ2v) is 5.06. The highest BCUT2D eigenvalue weighted by atomic mass is 35.5. The van der Waals surface area contributed by atoms with Crippen molar-refractivity contribution >= 4 is 11.6 Å². The molecule has 0 amide bonds. The monoisotopic (exact) mass is 276 g/mol. The fourth-order valence-electron chi connectivity index (χ4n) is 1.85. The van der Waals surface area contributed by atoms with Gasteiger partial charge in [-0.3, -0.25) is 4.98 Å². The van der Waals surface area contributed by atoms with Crippen LogP contribution in [0.3, 0.4) is 0 Å². The molecule has 1 atom stereocenters. The fourth-order valence-corrected chi connectivity index (χ4v) is 1.97. The number of rotatable bonds is 5. The van der Waals surface area contributed by atoms with Crippen molar-refractivity contribution in [2.45, 2.75) is 25.9 Å². The Labute approximate surface area is 118 Å². The third-order valence-corrected chi connectivity index (χ3v) is 3.15. The van der Waals surface area contributed by atoms with E-state index >= 15 is 0 Å². The number of nitrogens with zero attached hydrogens (tertiary/aromatic N) is 1. The molecule has 0 aliphatic rings. The van der Waals surface area contributed by atoms with Gasteiger partial charge >= 0.3 is 0 Å². The van der Waals surface area contributed by atoms with Gasteiger partial charge in [-0.1, -0.05) is 23.7 Å². The molecular weight excluding hydrogens is 260 g/mol. The van der Waals surface area contributed by atoms with Crippen LogP contribution in [-0.4, -0.2) is 16.1 Å². The molecule has 2 N–H and O–H groups in total. The minimum atomic E-state index is 0.193. The van der Waals surface area contributed by atoms with Crippen molar-refractivity contribution in [1.29, 1.82) is 0 Å². The van der Waals surface area contributed by atoms with E-state index in [2.05, 4.69) is 17.2 Å². The van der Waals surface area contributed by atoms with Gasteiger partial charge in [-0.05, 0) is 43.2 Å². The molecule has 1 aromatic heterocycles. The maximum atomic E-state index is 9.16. The van der Waals surface area contributed by atoms with E-state index in [4.69, 9.17) is 16.7 Å². The molecule has 0 fully saturated rings. The summed E-state index contributed by atoms with van der Waals surface area (Å²) in [6, 6.07) is 11.7. The number of nitrogens with one attached hydrogen (secondary N) is 1. The smallest absolute Gasteiger partial charge is 0.133 e. The van der Waals surface area contributed by atoms with E-state index in [0.29, 0.717) is 12.6 Å². The van der Waals surface area contributed by atoms with Crippen LogP contribution < -0.4 is 5.32 Å². The van der Waals surface area contributed by atoms with Crippen molar-refractivity contribution in [3.05, 3.63) is 58.9 Å². The highest BCUT2D eigenvalue weighted by Crippen LogP contribution is 2.11. The number of aromatic nitrogens is 1. The van der Waals surface area contributed by atoms with Gasteiger partial charge < -0.3 is 10.4 Å². The first-order chi connectivity index (χ1) is 9.13. The van der Waals surface area contributed by atoms with Crippen molar-refractivity contribution in [1.82, 2.24) is 10.3 Å². The van der Waals surface area contributed by atoms with Crippen molar-refractivity contribution in [2.75, 3.05) is 0 Å². The molecule has 0 spiro atoms. The number of hydrogen-bond acceptors (Lipinski definition) is 3. The molecule has 100 valence electrons. The minimum absolute atomic E-state index is 0.193. The fraction of sp³-hybridized carbons (Fsp3) is 0.267. The molecule has 19 heavy (non-hydrogen) atoms. The van der Waals surface area contributed by atoms with Crippen molar-refractivity contribution in [2.24, 2.45) is 0 Å². The molecule has 1 aromatic carbocycles. The van der Waals surface area contributed by atoms with Gasteiger partial charge in [-0.2, -0.15) is 0 Å². The van der Waals surface area contributed by atoms with Crippen LogP contribution in [0, 0.1) is 0 Å². The zero-order valence-electron chi connectivity index (χ0n) is 10.8. The lowest BCUT2D eigenvalue weighted by Gasteiger charge is -2.13. The number of hydrogen-bond donors (Lipinski definition) is 2. The SMILES string of the molecule is CC(Cc1ccc(Cl)cc1)NCc1ccc(O)cn1. The van der Waals surface area contributed by atoms with Crippen LogP contribution in [0.15, 0.2) is 42.6 Å². The summed E-state index contributed by atoms with van der Waals surface area (Å²) in [5.41, 5.74) is 2.17. The lowest BCUT2D eigenvalue weighted by molar-refractivity contribution is 0.471. The van der Waals surface area contributed by atoms with Crippen LogP contribution in [0.5, 0.6) is 5.75 Å². The standard InChI is InChI=1S/C15H17ClN2O/c1-11(8-12-2-4-13(16)5-3-12)17-9-14-6-7-15(19)10-18-14/h2-7,10-11,17,19H,8-9H2,1H3. The van der Waals surface area contributed by atoms with Crippen LogP contribution in [-0.2, 0) is 13.0 Å². The van der Waals surface area contributed by atoms with E-state index in [1.807, 2.05) is 30.3 Å². The summed E-state index contributed by atoms with van der Waals surface area (Å²) >= 11 is 5.86. The van der Waals surface area contributed by atoms with Gasteiger partial charge in [0.2, 0.25) is 0 Å². The molecule has 0 saturated heterocycles. The Kier molecular flexibility index (Phi) is 4.77. The number of benzene rings is 1. The molecule has 1 unspecified atom stereocenters. The van der Waals surface area contributed by atoms with Crippen LogP contribution in [0.4, 0.5) is 0 Å². The second-order valence-electron chi connectivity index (χ2n) is 4.62. The van der Waals surface area contributed by atoms with Gasteiger partial charge in [0.1, 0.15) is 5.75 Å². The van der Waals surface area contributed by atoms with Gasteiger partial charge in [0, 0.05) is 17.6 Å². The molecule has 0 aliphatic heterocycles. The number of halogens is 1. The first-order valence-electron chi connectivity index (χ1n) is 6.25. The molecule has 2 aromatic rings. The molecular formula is C15H17ClN2O. The van der Waals surface area contributed by atoms with Crippen molar-refractivity contribution in [3.63, 3.8) is 0 Å². The topological polar surface area (TPSA) is 45.1 Å². The van der Waals surface area contributed by atoms with E-state index in [9.17, 15) is 0 Å². The molecule has 0 bridgehead atoms. The average molecular weight is 277 g/mol. The quantitative estimate of drug-likeness (QED) is 0.882. The van der Waals surface area contributed by atoms with E-state index in [-0.39, 0.29) is 5.75 Å². The summed E-state index contributed by atoms with van der Waals surface area (Å²) in [5, 5.41) is 13.3. The van der Waals surface area contributed by atoms with Gasteiger partial charge in [-0.25, -0.2) is 0 Å². The van der Waals surface area contributed by atoms with Crippen LogP contribution in [0.25, 0.3) is 0 Å². The molecule has 0 radical (unpaired) electrons. The normalized spacial score (nSPS) is 12.3. The van der Waals surface area contributed by atoms with E-state index in [0.717, 1.165) is 17.1 Å². The molecule has 2 rings (SSSR count). The zero-order chi connectivity index (χ0) is 13.7. The van der Waals surface area contributed by atoms with E-state index < -0.39 is 0 Å². The Morgan fingerprint density at radius 1 is 1.21 bits per heavy atom. The first-order valence-corrected chi connectivity index (χ1v) is 6.63. The third-order valence-electron chi connectivity index (χ3n) is 2.90. The molecule has 4 heteroatoms. The van der Waals surface area contributed by atoms with Crippen molar-refractivity contribution < 1.29 is 5.11 Å². The maximum absolute atomic E-state index is 9.16. The first kappa shape index (κ1) is 13.8. The maximum Gasteiger partial charge on any atom is 0.133 e. The van der Waals surface area contributed by atoms with Crippen LogP contribution in [0.2, 0.25) is 5.02 Å². The van der Waals surface area contributed by atoms with Gasteiger partial charge in [-0.15, -0.1) is 0 Å². The van der Waals surface area contributed by atoms with E-state index in [1.165, 1.54) is 11.8 Å². The summed E-state index contributed by atoms with van der Waals surface area (Å²) in [6.45, 7) is 2.82. The Hall–Kier alpha value is -1.58. The Balaban J connectivity index is 1.82. The van der Waals surface area contributed by atoms with Gasteiger partial charge in [0.15, 0.2) is 0 Å². The number of aromatic hydroxyl groups is 1. The molecule has 1 heterocycles. The largest absolute Gasteiger partial charge is 0.506 e. The predicted molar refractivity (Wildman–Crippen MR) is 77.4 cm³/mol. The summed E-state index contributed by atoms with van der Waals surface area (Å²) in [5.74, 6) is 0.193. The lowest BCUT2D eigenvalue weighted by atomic mass is 10.1. The average Bonchev–Trinajstić information content (AvgIpc) is 2.41. The Morgan fingerprint density at radius 2 is 1.95 bits per heavy atom. The second kappa shape index (κ2) is 6.55. The van der Waals surface area contributed by atoms with Gasteiger partial charge in [0.25, 0.3) is 0 Å². The zero-order valence-corrected chi connectivity index (χ0v) is 11.6. The number of pyridine rings is 1. The molecule has 0 aliphatic carbocycles. The summed E-state index contributed by atoms with van der Waals surface area (Å²) in [6.07, 6.45) is 2.40. The highest BCUT2D eigenvalue weighted by molar-refractivity contribution is 6.30. The Morgan fingerprint density at radius 3 is 2.58 bits per heavy atom. The molecule has 0 saturated carbocycles. The predicted octanol–water partition coefficient (Wildman–Crippen LogP) is 3.16. The van der Waals surface area contributed by atoms with Crippen LogP contribution in [0.1, 0.15) is 18.2 Å².